The maximum Gasteiger partial charge on any atom is 0.410 e. The summed E-state index contributed by atoms with van der Waals surface area (Å²) in [6.07, 6.45) is 3.02. The first-order valence-electron chi connectivity index (χ1n) is 9.64. The molecular weight excluding hydrogens is 348 g/mol. The molecule has 0 bridgehead atoms. The Morgan fingerprint density at radius 2 is 2.00 bits per heavy atom. The Hall–Kier alpha value is -2.09. The lowest BCUT2D eigenvalue weighted by Crippen LogP contribution is -2.50. The van der Waals surface area contributed by atoms with Crippen molar-refractivity contribution in [3.05, 3.63) is 12.7 Å². The molecule has 3 saturated heterocycles. The summed E-state index contributed by atoms with van der Waals surface area (Å²) in [6, 6.07) is 0. The van der Waals surface area contributed by atoms with Crippen LogP contribution in [0.25, 0.3) is 0 Å². The van der Waals surface area contributed by atoms with Gasteiger partial charge in [0.05, 0.1) is 12.5 Å². The lowest BCUT2D eigenvalue weighted by Gasteiger charge is -2.38. The van der Waals surface area contributed by atoms with E-state index in [0.717, 1.165) is 6.54 Å². The van der Waals surface area contributed by atoms with Crippen LogP contribution in [0.5, 0.6) is 0 Å². The summed E-state index contributed by atoms with van der Waals surface area (Å²) in [7, 11) is 3.95. The van der Waals surface area contributed by atoms with Gasteiger partial charge in [0.1, 0.15) is 5.60 Å². The molecule has 0 N–H and O–H groups in total. The number of carbonyl (C=O) groups excluding carboxylic acids is 3. The van der Waals surface area contributed by atoms with E-state index in [-0.39, 0.29) is 30.2 Å². The molecule has 0 saturated carbocycles. The van der Waals surface area contributed by atoms with Crippen molar-refractivity contribution >= 4 is 17.9 Å². The number of carbonyl (C=O) groups is 3. The first kappa shape index (κ1) is 19.7. The van der Waals surface area contributed by atoms with Crippen molar-refractivity contribution in [2.45, 2.75) is 24.9 Å². The lowest BCUT2D eigenvalue weighted by atomic mass is 9.90. The van der Waals surface area contributed by atoms with E-state index in [2.05, 4.69) is 6.58 Å². The lowest BCUT2D eigenvalue weighted by molar-refractivity contribution is -0.139. The molecule has 0 aromatic heterocycles. The Morgan fingerprint density at radius 1 is 1.30 bits per heavy atom. The molecule has 0 aliphatic carbocycles. The fourth-order valence-corrected chi connectivity index (χ4v) is 4.11. The Labute approximate surface area is 160 Å². The van der Waals surface area contributed by atoms with E-state index in [4.69, 9.17) is 4.74 Å². The van der Waals surface area contributed by atoms with Crippen molar-refractivity contribution < 1.29 is 19.1 Å². The molecule has 3 fully saturated rings. The zero-order valence-electron chi connectivity index (χ0n) is 16.4. The van der Waals surface area contributed by atoms with Crippen molar-refractivity contribution in [1.82, 2.24) is 19.6 Å². The molecule has 0 unspecified atom stereocenters. The monoisotopic (exact) mass is 378 g/mol. The normalized spacial score (nSPS) is 24.9. The third kappa shape index (κ3) is 4.26. The van der Waals surface area contributed by atoms with Gasteiger partial charge in [0, 0.05) is 58.5 Å². The predicted molar refractivity (Wildman–Crippen MR) is 100 cm³/mol. The van der Waals surface area contributed by atoms with Crippen molar-refractivity contribution in [3.63, 3.8) is 0 Å². The van der Waals surface area contributed by atoms with E-state index in [9.17, 15) is 14.4 Å². The summed E-state index contributed by atoms with van der Waals surface area (Å²) in [6.45, 7) is 7.80. The zero-order chi connectivity index (χ0) is 19.6. The summed E-state index contributed by atoms with van der Waals surface area (Å²) >= 11 is 0. The SMILES string of the molecule is C=CCN1C[C@@H](C(=O)N2CCC3(CC2)CN(CCN(C)C)C(=O)O3)CC1=O. The molecule has 3 amide bonds. The molecule has 3 aliphatic rings. The Kier molecular flexibility index (Phi) is 5.74. The quantitative estimate of drug-likeness (QED) is 0.626. The highest BCUT2D eigenvalue weighted by atomic mass is 16.6. The minimum atomic E-state index is -0.472. The van der Waals surface area contributed by atoms with Crippen LogP contribution in [0.1, 0.15) is 19.3 Å². The minimum absolute atomic E-state index is 0.0167. The van der Waals surface area contributed by atoms with Gasteiger partial charge in [-0.15, -0.1) is 6.58 Å². The second-order valence-electron chi connectivity index (χ2n) is 8.09. The minimum Gasteiger partial charge on any atom is -0.441 e. The van der Waals surface area contributed by atoms with Crippen LogP contribution in [0.2, 0.25) is 0 Å². The first-order chi connectivity index (χ1) is 12.8. The third-order valence-electron chi connectivity index (χ3n) is 5.76. The number of piperidine rings is 1. The number of ether oxygens (including phenoxy) is 1. The Bertz CT molecular complexity index is 613. The third-order valence-corrected chi connectivity index (χ3v) is 5.76. The molecule has 27 heavy (non-hydrogen) atoms. The molecule has 8 heteroatoms. The van der Waals surface area contributed by atoms with E-state index in [1.807, 2.05) is 23.9 Å². The van der Waals surface area contributed by atoms with Crippen LogP contribution in [-0.2, 0) is 14.3 Å². The largest absolute Gasteiger partial charge is 0.441 e. The fraction of sp³-hybridized carbons (Fsp3) is 0.737. The maximum absolute atomic E-state index is 12.8. The maximum atomic E-state index is 12.8. The molecule has 3 rings (SSSR count). The van der Waals surface area contributed by atoms with Gasteiger partial charge in [0.2, 0.25) is 11.8 Å². The van der Waals surface area contributed by atoms with Crippen LogP contribution in [0.15, 0.2) is 12.7 Å². The number of hydrogen-bond acceptors (Lipinski definition) is 5. The highest BCUT2D eigenvalue weighted by Gasteiger charge is 2.48. The fourth-order valence-electron chi connectivity index (χ4n) is 4.11. The van der Waals surface area contributed by atoms with E-state index in [1.165, 1.54) is 0 Å². The Morgan fingerprint density at radius 3 is 2.63 bits per heavy atom. The van der Waals surface area contributed by atoms with Gasteiger partial charge in [0.25, 0.3) is 0 Å². The van der Waals surface area contributed by atoms with E-state index in [1.54, 1.807) is 15.9 Å². The van der Waals surface area contributed by atoms with Crippen LogP contribution in [0, 0.1) is 5.92 Å². The van der Waals surface area contributed by atoms with Gasteiger partial charge in [0.15, 0.2) is 0 Å². The van der Waals surface area contributed by atoms with Crippen molar-refractivity contribution in [1.29, 1.82) is 0 Å². The second-order valence-corrected chi connectivity index (χ2v) is 8.09. The predicted octanol–water partition coefficient (Wildman–Crippen LogP) is 0.396. The van der Waals surface area contributed by atoms with Gasteiger partial charge in [-0.1, -0.05) is 6.08 Å². The standard InChI is InChI=1S/C19H30N4O4/c1-4-7-22-13-15(12-16(22)24)17(25)21-8-5-19(6-9-21)14-23(18(26)27-19)11-10-20(2)3/h4,15H,1,5-14H2,2-3H3/t15-/m0/s1. The van der Waals surface area contributed by atoms with Gasteiger partial charge < -0.3 is 24.3 Å². The summed E-state index contributed by atoms with van der Waals surface area (Å²) in [5.74, 6) is -0.212. The van der Waals surface area contributed by atoms with Crippen LogP contribution in [-0.4, -0.2) is 103 Å². The van der Waals surface area contributed by atoms with Gasteiger partial charge >= 0.3 is 6.09 Å². The number of rotatable bonds is 6. The van der Waals surface area contributed by atoms with Crippen LogP contribution in [0.4, 0.5) is 4.79 Å². The van der Waals surface area contributed by atoms with E-state index >= 15 is 0 Å². The molecule has 1 spiro atoms. The van der Waals surface area contributed by atoms with Crippen molar-refractivity contribution in [2.75, 3.05) is 59.9 Å². The molecule has 3 heterocycles. The smallest absolute Gasteiger partial charge is 0.410 e. The Balaban J connectivity index is 1.52. The summed E-state index contributed by atoms with van der Waals surface area (Å²) in [4.78, 5) is 44.3. The molecular formula is C19H30N4O4. The topological polar surface area (TPSA) is 73.4 Å². The average molecular weight is 378 g/mol. The number of hydrogen-bond donors (Lipinski definition) is 0. The van der Waals surface area contributed by atoms with Gasteiger partial charge in [-0.3, -0.25) is 9.59 Å². The molecule has 150 valence electrons. The number of nitrogens with zero attached hydrogens (tertiary/aromatic N) is 4. The first-order valence-corrected chi connectivity index (χ1v) is 9.64. The summed E-state index contributed by atoms with van der Waals surface area (Å²) in [5.41, 5.74) is -0.472. The van der Waals surface area contributed by atoms with Crippen LogP contribution >= 0.6 is 0 Å². The zero-order valence-corrected chi connectivity index (χ0v) is 16.4. The van der Waals surface area contributed by atoms with Crippen LogP contribution in [0.3, 0.4) is 0 Å². The highest BCUT2D eigenvalue weighted by molar-refractivity contribution is 5.89. The van der Waals surface area contributed by atoms with Crippen LogP contribution < -0.4 is 0 Å². The number of likely N-dealkylation sites (N-methyl/N-ethyl adjacent to an activating group) is 1. The van der Waals surface area contributed by atoms with Gasteiger partial charge in [-0.25, -0.2) is 4.79 Å². The molecule has 0 aromatic carbocycles. The molecule has 8 nitrogen and oxygen atoms in total. The molecule has 0 aromatic rings. The number of likely N-dealkylation sites (tertiary alicyclic amines) is 2. The summed E-state index contributed by atoms with van der Waals surface area (Å²) in [5, 5.41) is 0. The summed E-state index contributed by atoms with van der Waals surface area (Å²) < 4.78 is 5.71. The molecule has 0 radical (unpaired) electrons. The van der Waals surface area contributed by atoms with E-state index < -0.39 is 5.60 Å². The average Bonchev–Trinajstić information content (AvgIpc) is 3.14. The van der Waals surface area contributed by atoms with Gasteiger partial charge in [-0.2, -0.15) is 0 Å². The molecule has 1 atom stereocenters. The van der Waals surface area contributed by atoms with Crippen molar-refractivity contribution in [2.24, 2.45) is 5.92 Å². The van der Waals surface area contributed by atoms with Gasteiger partial charge in [-0.05, 0) is 14.1 Å². The van der Waals surface area contributed by atoms with E-state index in [0.29, 0.717) is 52.1 Å². The highest BCUT2D eigenvalue weighted by Crippen LogP contribution is 2.34. The second kappa shape index (κ2) is 7.88. The number of amides is 3. The van der Waals surface area contributed by atoms with Crippen molar-refractivity contribution in [3.8, 4) is 0 Å². The molecule has 3 aliphatic heterocycles.